The van der Waals surface area contributed by atoms with E-state index in [9.17, 15) is 15.2 Å². The van der Waals surface area contributed by atoms with Gasteiger partial charge in [-0.05, 0) is 19.1 Å². The van der Waals surface area contributed by atoms with Gasteiger partial charge in [-0.3, -0.25) is 10.1 Å². The first-order chi connectivity index (χ1) is 10.0. The van der Waals surface area contributed by atoms with Crippen LogP contribution in [0.2, 0.25) is 0 Å². The minimum absolute atomic E-state index is 0.0969. The number of para-hydroxylation sites is 1. The number of ether oxygens (including phenoxy) is 2. The molecule has 0 saturated heterocycles. The van der Waals surface area contributed by atoms with Crippen molar-refractivity contribution >= 4 is 5.69 Å². The highest BCUT2D eigenvalue weighted by Gasteiger charge is 2.15. The fraction of sp³-hybridized carbons (Fsp3) is 0.200. The van der Waals surface area contributed by atoms with E-state index in [2.05, 4.69) is 0 Å². The van der Waals surface area contributed by atoms with E-state index in [1.165, 1.54) is 25.3 Å². The van der Waals surface area contributed by atoms with E-state index in [0.29, 0.717) is 17.1 Å². The number of aliphatic hydroxyl groups is 1. The summed E-state index contributed by atoms with van der Waals surface area (Å²) in [6.45, 7) is 1.62. The van der Waals surface area contributed by atoms with E-state index in [0.717, 1.165) is 0 Å². The molecule has 0 heterocycles. The van der Waals surface area contributed by atoms with Crippen LogP contribution in [0.1, 0.15) is 18.6 Å². The Kier molecular flexibility index (Phi) is 4.39. The van der Waals surface area contributed by atoms with Crippen LogP contribution >= 0.6 is 0 Å². The van der Waals surface area contributed by atoms with Gasteiger partial charge in [-0.15, -0.1) is 0 Å². The molecule has 0 aliphatic rings. The van der Waals surface area contributed by atoms with Gasteiger partial charge in [0.25, 0.3) is 5.69 Å². The second kappa shape index (κ2) is 6.23. The lowest BCUT2D eigenvalue weighted by atomic mass is 10.1. The molecule has 1 atom stereocenters. The zero-order valence-corrected chi connectivity index (χ0v) is 11.6. The number of hydrogen-bond acceptors (Lipinski definition) is 5. The highest BCUT2D eigenvalue weighted by atomic mass is 16.6. The number of benzene rings is 2. The number of non-ortho nitro benzene ring substituents is 1. The van der Waals surface area contributed by atoms with Gasteiger partial charge in [-0.25, -0.2) is 0 Å². The van der Waals surface area contributed by atoms with Crippen LogP contribution in [0.4, 0.5) is 5.69 Å². The normalized spacial score (nSPS) is 11.8. The molecular weight excluding hydrogens is 274 g/mol. The molecule has 2 aromatic carbocycles. The highest BCUT2D eigenvalue weighted by Crippen LogP contribution is 2.37. The van der Waals surface area contributed by atoms with Crippen LogP contribution in [0.3, 0.4) is 0 Å². The third-order valence-corrected chi connectivity index (χ3v) is 2.95. The molecule has 6 nitrogen and oxygen atoms in total. The van der Waals surface area contributed by atoms with Crippen molar-refractivity contribution in [1.82, 2.24) is 0 Å². The fourth-order valence-electron chi connectivity index (χ4n) is 1.90. The van der Waals surface area contributed by atoms with Crippen molar-refractivity contribution in [1.29, 1.82) is 0 Å². The standard InChI is InChI=1S/C15H15NO5/c1-10(17)12-5-3-4-6-13(12)21-15-9-11(16(18)19)7-8-14(15)20-2/h3-10,17H,1-2H3/t10-/m1/s1. The van der Waals surface area contributed by atoms with Crippen molar-refractivity contribution < 1.29 is 19.5 Å². The van der Waals surface area contributed by atoms with Crippen molar-refractivity contribution in [3.05, 3.63) is 58.1 Å². The van der Waals surface area contributed by atoms with Gasteiger partial charge in [-0.2, -0.15) is 0 Å². The summed E-state index contributed by atoms with van der Waals surface area (Å²) in [5.74, 6) is 1.02. The van der Waals surface area contributed by atoms with Crippen LogP contribution in [-0.2, 0) is 0 Å². The van der Waals surface area contributed by atoms with E-state index in [1.807, 2.05) is 0 Å². The SMILES string of the molecule is COc1ccc([N+](=O)[O-])cc1Oc1ccccc1[C@@H](C)O. The Hall–Kier alpha value is -2.60. The highest BCUT2D eigenvalue weighted by molar-refractivity contribution is 5.51. The van der Waals surface area contributed by atoms with Gasteiger partial charge in [0.1, 0.15) is 5.75 Å². The Labute approximate surface area is 121 Å². The number of rotatable bonds is 5. The zero-order valence-electron chi connectivity index (χ0n) is 11.6. The van der Waals surface area contributed by atoms with Crippen LogP contribution in [0, 0.1) is 10.1 Å². The summed E-state index contributed by atoms with van der Waals surface area (Å²) >= 11 is 0. The minimum Gasteiger partial charge on any atom is -0.493 e. The number of nitro benzene ring substituents is 1. The Morgan fingerprint density at radius 2 is 1.86 bits per heavy atom. The average molecular weight is 289 g/mol. The molecular formula is C15H15NO5. The predicted octanol–water partition coefficient (Wildman–Crippen LogP) is 3.45. The molecule has 0 amide bonds. The van der Waals surface area contributed by atoms with Crippen molar-refractivity contribution in [3.8, 4) is 17.2 Å². The maximum Gasteiger partial charge on any atom is 0.273 e. The molecule has 0 aliphatic carbocycles. The summed E-state index contributed by atoms with van der Waals surface area (Å²) in [6, 6.07) is 11.0. The van der Waals surface area contributed by atoms with Gasteiger partial charge in [0, 0.05) is 11.6 Å². The number of nitrogens with zero attached hydrogens (tertiary/aromatic N) is 1. The minimum atomic E-state index is -0.717. The second-order valence-electron chi connectivity index (χ2n) is 4.41. The first kappa shape index (κ1) is 14.8. The monoisotopic (exact) mass is 289 g/mol. The van der Waals surface area contributed by atoms with E-state index in [1.54, 1.807) is 31.2 Å². The summed E-state index contributed by atoms with van der Waals surface area (Å²) in [6.07, 6.45) is -0.717. The number of hydrogen-bond donors (Lipinski definition) is 1. The van der Waals surface area contributed by atoms with Crippen LogP contribution in [0.25, 0.3) is 0 Å². The van der Waals surface area contributed by atoms with Crippen molar-refractivity contribution in [2.24, 2.45) is 0 Å². The molecule has 0 bridgehead atoms. The van der Waals surface area contributed by atoms with Crippen LogP contribution in [-0.4, -0.2) is 17.1 Å². The summed E-state index contributed by atoms with van der Waals surface area (Å²) in [5.41, 5.74) is 0.492. The summed E-state index contributed by atoms with van der Waals surface area (Å²) in [5, 5.41) is 20.6. The number of nitro groups is 1. The average Bonchev–Trinajstić information content (AvgIpc) is 2.47. The largest absolute Gasteiger partial charge is 0.493 e. The molecule has 1 N–H and O–H groups in total. The molecule has 2 rings (SSSR count). The van der Waals surface area contributed by atoms with Crippen molar-refractivity contribution in [3.63, 3.8) is 0 Å². The summed E-state index contributed by atoms with van der Waals surface area (Å²) in [7, 11) is 1.45. The van der Waals surface area contributed by atoms with E-state index < -0.39 is 11.0 Å². The van der Waals surface area contributed by atoms with Crippen LogP contribution in [0.15, 0.2) is 42.5 Å². The van der Waals surface area contributed by atoms with Gasteiger partial charge in [0.15, 0.2) is 11.5 Å². The molecule has 6 heteroatoms. The molecule has 0 radical (unpaired) electrons. The molecule has 0 unspecified atom stereocenters. The smallest absolute Gasteiger partial charge is 0.273 e. The molecule has 0 fully saturated rings. The molecule has 2 aromatic rings. The third-order valence-electron chi connectivity index (χ3n) is 2.95. The summed E-state index contributed by atoms with van der Waals surface area (Å²) in [4.78, 5) is 10.3. The Morgan fingerprint density at radius 3 is 2.48 bits per heavy atom. The molecule has 21 heavy (non-hydrogen) atoms. The molecule has 110 valence electrons. The zero-order chi connectivity index (χ0) is 15.4. The lowest BCUT2D eigenvalue weighted by Gasteiger charge is -2.14. The third kappa shape index (κ3) is 3.29. The lowest BCUT2D eigenvalue weighted by molar-refractivity contribution is -0.384. The number of aliphatic hydroxyl groups excluding tert-OH is 1. The van der Waals surface area contributed by atoms with Gasteiger partial charge in [0.05, 0.1) is 24.2 Å². The molecule has 0 aliphatic heterocycles. The van der Waals surface area contributed by atoms with Gasteiger partial charge in [-0.1, -0.05) is 18.2 Å². The van der Waals surface area contributed by atoms with E-state index in [-0.39, 0.29) is 11.4 Å². The van der Waals surface area contributed by atoms with Gasteiger partial charge < -0.3 is 14.6 Å². The quantitative estimate of drug-likeness (QED) is 0.673. The Balaban J connectivity index is 2.43. The van der Waals surface area contributed by atoms with E-state index >= 15 is 0 Å². The van der Waals surface area contributed by atoms with Crippen LogP contribution < -0.4 is 9.47 Å². The van der Waals surface area contributed by atoms with Crippen molar-refractivity contribution in [2.45, 2.75) is 13.0 Å². The number of methoxy groups -OCH3 is 1. The first-order valence-electron chi connectivity index (χ1n) is 6.30. The molecule has 0 spiro atoms. The molecule has 0 aromatic heterocycles. The summed E-state index contributed by atoms with van der Waals surface area (Å²) < 4.78 is 10.8. The van der Waals surface area contributed by atoms with Crippen LogP contribution in [0.5, 0.6) is 17.2 Å². The van der Waals surface area contributed by atoms with Crippen molar-refractivity contribution in [2.75, 3.05) is 7.11 Å². The lowest BCUT2D eigenvalue weighted by Crippen LogP contribution is -1.98. The second-order valence-corrected chi connectivity index (χ2v) is 4.41. The fourth-order valence-corrected chi connectivity index (χ4v) is 1.90. The predicted molar refractivity (Wildman–Crippen MR) is 76.8 cm³/mol. The van der Waals surface area contributed by atoms with Gasteiger partial charge >= 0.3 is 0 Å². The van der Waals surface area contributed by atoms with Gasteiger partial charge in [0.2, 0.25) is 0 Å². The Bertz CT molecular complexity index is 654. The maximum atomic E-state index is 10.8. The first-order valence-corrected chi connectivity index (χ1v) is 6.30. The Morgan fingerprint density at radius 1 is 1.14 bits per heavy atom. The topological polar surface area (TPSA) is 81.8 Å². The molecule has 0 saturated carbocycles. The van der Waals surface area contributed by atoms with E-state index in [4.69, 9.17) is 9.47 Å². The maximum absolute atomic E-state index is 10.8.